The molecule has 0 saturated carbocycles. The van der Waals surface area contributed by atoms with Crippen LogP contribution in [-0.4, -0.2) is 8.42 Å². The van der Waals surface area contributed by atoms with Gasteiger partial charge in [0.05, 0.1) is 11.4 Å². The first-order valence-electron chi connectivity index (χ1n) is 5.57. The Bertz CT molecular complexity index is 763. The van der Waals surface area contributed by atoms with E-state index in [0.717, 1.165) is 5.56 Å². The second-order valence-electron chi connectivity index (χ2n) is 4.17. The molecule has 3 rings (SSSR count). The van der Waals surface area contributed by atoms with Crippen molar-refractivity contribution in [3.05, 3.63) is 51.0 Å². The molecular formula is C13H10ClNO2S2. The Morgan fingerprint density at radius 3 is 2.53 bits per heavy atom. The number of fused-ring (bicyclic) bond motifs is 1. The molecule has 3 nitrogen and oxygen atoms in total. The summed E-state index contributed by atoms with van der Waals surface area (Å²) >= 11 is 7.50. The number of nitrogens with zero attached hydrogens (tertiary/aromatic N) is 1. The standard InChI is InChI=1S/C13H10ClNO2S2/c1-9-11-7-18-8-12(11)15(19(16,17)13(9)14)10-5-3-2-4-6-10/h2-8H,1H3. The van der Waals surface area contributed by atoms with E-state index >= 15 is 0 Å². The SMILES string of the molecule is CC1=C(Cl)S(=O)(=O)N(c2ccccc2)c2cscc21. The number of para-hydroxylation sites is 1. The maximum atomic E-state index is 12.5. The van der Waals surface area contributed by atoms with Crippen LogP contribution in [0.15, 0.2) is 45.5 Å². The number of benzene rings is 1. The van der Waals surface area contributed by atoms with E-state index in [1.54, 1.807) is 31.2 Å². The molecule has 1 aliphatic heterocycles. The molecule has 0 bridgehead atoms. The van der Waals surface area contributed by atoms with E-state index in [9.17, 15) is 8.42 Å². The molecule has 6 heteroatoms. The zero-order valence-electron chi connectivity index (χ0n) is 10.00. The highest BCUT2D eigenvalue weighted by atomic mass is 35.5. The van der Waals surface area contributed by atoms with E-state index in [4.69, 9.17) is 11.6 Å². The number of allylic oxidation sites excluding steroid dienone is 1. The van der Waals surface area contributed by atoms with Gasteiger partial charge >= 0.3 is 0 Å². The number of thiophene rings is 1. The number of sulfonamides is 1. The molecule has 0 fully saturated rings. The molecule has 0 atom stereocenters. The zero-order valence-corrected chi connectivity index (χ0v) is 12.4. The first-order valence-corrected chi connectivity index (χ1v) is 8.33. The Morgan fingerprint density at radius 1 is 1.16 bits per heavy atom. The summed E-state index contributed by atoms with van der Waals surface area (Å²) in [6, 6.07) is 8.96. The van der Waals surface area contributed by atoms with E-state index < -0.39 is 10.0 Å². The van der Waals surface area contributed by atoms with Gasteiger partial charge in [-0.3, -0.25) is 0 Å². The lowest BCUT2D eigenvalue weighted by Gasteiger charge is -2.28. The molecule has 1 aromatic heterocycles. The summed E-state index contributed by atoms with van der Waals surface area (Å²) in [4.78, 5) is 0. The summed E-state index contributed by atoms with van der Waals surface area (Å²) in [6.07, 6.45) is 0. The molecule has 2 heterocycles. The molecule has 0 unspecified atom stereocenters. The van der Waals surface area contributed by atoms with Crippen LogP contribution in [-0.2, 0) is 10.0 Å². The number of hydrogen-bond acceptors (Lipinski definition) is 3. The predicted octanol–water partition coefficient (Wildman–Crippen LogP) is 4.16. The first kappa shape index (κ1) is 12.7. The molecule has 98 valence electrons. The minimum atomic E-state index is -3.70. The van der Waals surface area contributed by atoms with E-state index in [1.165, 1.54) is 15.6 Å². The lowest BCUT2D eigenvalue weighted by atomic mass is 10.1. The molecule has 0 saturated heterocycles. The average molecular weight is 312 g/mol. The van der Waals surface area contributed by atoms with Crippen LogP contribution in [0, 0.1) is 0 Å². The van der Waals surface area contributed by atoms with Crippen LogP contribution in [0.3, 0.4) is 0 Å². The molecule has 0 spiro atoms. The van der Waals surface area contributed by atoms with Gasteiger partial charge in [0, 0.05) is 16.3 Å². The van der Waals surface area contributed by atoms with Gasteiger partial charge in [-0.15, -0.1) is 11.3 Å². The van der Waals surface area contributed by atoms with Crippen molar-refractivity contribution in [3.8, 4) is 0 Å². The van der Waals surface area contributed by atoms with Crippen LogP contribution >= 0.6 is 22.9 Å². The van der Waals surface area contributed by atoms with Crippen LogP contribution < -0.4 is 4.31 Å². The smallest absolute Gasteiger partial charge is 0.232 e. The molecule has 1 aromatic carbocycles. The van der Waals surface area contributed by atoms with Gasteiger partial charge in [-0.2, -0.15) is 8.42 Å². The minimum absolute atomic E-state index is 0.109. The third-order valence-electron chi connectivity index (χ3n) is 3.02. The second-order valence-corrected chi connectivity index (χ2v) is 7.24. The maximum absolute atomic E-state index is 12.5. The molecule has 0 aliphatic carbocycles. The first-order chi connectivity index (χ1) is 9.03. The van der Waals surface area contributed by atoms with Crippen LogP contribution in [0.1, 0.15) is 12.5 Å². The van der Waals surface area contributed by atoms with E-state index in [0.29, 0.717) is 16.9 Å². The molecule has 19 heavy (non-hydrogen) atoms. The summed E-state index contributed by atoms with van der Waals surface area (Å²) in [5.74, 6) is 0. The van der Waals surface area contributed by atoms with E-state index in [2.05, 4.69) is 0 Å². The monoisotopic (exact) mass is 311 g/mol. The van der Waals surface area contributed by atoms with Crippen molar-refractivity contribution in [2.75, 3.05) is 4.31 Å². The van der Waals surface area contributed by atoms with Crippen LogP contribution in [0.5, 0.6) is 0 Å². The second kappa shape index (κ2) is 4.37. The van der Waals surface area contributed by atoms with Crippen molar-refractivity contribution in [3.63, 3.8) is 0 Å². The minimum Gasteiger partial charge on any atom is -0.232 e. The molecule has 0 N–H and O–H groups in total. The third kappa shape index (κ3) is 1.81. The summed E-state index contributed by atoms with van der Waals surface area (Å²) in [5, 5.41) is 3.74. The van der Waals surface area contributed by atoms with Crippen molar-refractivity contribution in [2.24, 2.45) is 0 Å². The normalized spacial score (nSPS) is 17.5. The van der Waals surface area contributed by atoms with Gasteiger partial charge in [0.15, 0.2) is 4.36 Å². The highest BCUT2D eigenvalue weighted by Gasteiger charge is 2.36. The van der Waals surface area contributed by atoms with Crippen molar-refractivity contribution in [1.82, 2.24) is 0 Å². The molecule has 0 radical (unpaired) electrons. The van der Waals surface area contributed by atoms with Crippen molar-refractivity contribution < 1.29 is 8.42 Å². The average Bonchev–Trinajstić information content (AvgIpc) is 2.86. The highest BCUT2D eigenvalue weighted by molar-refractivity contribution is 7.98. The summed E-state index contributed by atoms with van der Waals surface area (Å²) < 4.78 is 26.2. The number of hydrogen-bond donors (Lipinski definition) is 0. The zero-order chi connectivity index (χ0) is 13.6. The van der Waals surface area contributed by atoms with Crippen molar-refractivity contribution in [2.45, 2.75) is 6.92 Å². The van der Waals surface area contributed by atoms with Gasteiger partial charge < -0.3 is 0 Å². The quantitative estimate of drug-likeness (QED) is 0.793. The predicted molar refractivity (Wildman–Crippen MR) is 80.3 cm³/mol. The molecule has 0 amide bonds. The Kier molecular flexibility index (Phi) is 2.92. The Morgan fingerprint density at radius 2 is 1.84 bits per heavy atom. The Balaban J connectivity index is 2.32. The van der Waals surface area contributed by atoms with Crippen LogP contribution in [0.25, 0.3) is 5.57 Å². The van der Waals surface area contributed by atoms with Crippen molar-refractivity contribution >= 4 is 49.9 Å². The fourth-order valence-electron chi connectivity index (χ4n) is 2.08. The Labute approximate surface area is 120 Å². The van der Waals surface area contributed by atoms with E-state index in [1.807, 2.05) is 16.8 Å². The topological polar surface area (TPSA) is 37.4 Å². The van der Waals surface area contributed by atoms with Gasteiger partial charge in [0.1, 0.15) is 0 Å². The lowest BCUT2D eigenvalue weighted by Crippen LogP contribution is -2.29. The van der Waals surface area contributed by atoms with Gasteiger partial charge in [-0.1, -0.05) is 29.8 Å². The van der Waals surface area contributed by atoms with Crippen molar-refractivity contribution in [1.29, 1.82) is 0 Å². The maximum Gasteiger partial charge on any atom is 0.279 e. The molecule has 2 aromatic rings. The Hall–Kier alpha value is -1.30. The fourth-order valence-corrected chi connectivity index (χ4v) is 4.78. The fraction of sp³-hybridized carbons (Fsp3) is 0.0769. The lowest BCUT2D eigenvalue weighted by molar-refractivity contribution is 0.603. The number of halogens is 1. The molecular weight excluding hydrogens is 302 g/mol. The summed E-state index contributed by atoms with van der Waals surface area (Å²) in [6.45, 7) is 1.73. The van der Waals surface area contributed by atoms with Gasteiger partial charge in [0.2, 0.25) is 0 Å². The third-order valence-corrected chi connectivity index (χ3v) is 6.26. The van der Waals surface area contributed by atoms with Crippen LogP contribution in [0.2, 0.25) is 0 Å². The number of anilines is 2. The van der Waals surface area contributed by atoms with Crippen LogP contribution in [0.4, 0.5) is 11.4 Å². The summed E-state index contributed by atoms with van der Waals surface area (Å²) in [7, 11) is -3.70. The van der Waals surface area contributed by atoms with Gasteiger partial charge in [-0.05, 0) is 24.6 Å². The largest absolute Gasteiger partial charge is 0.279 e. The summed E-state index contributed by atoms with van der Waals surface area (Å²) in [5.41, 5.74) is 2.73. The number of rotatable bonds is 1. The molecule has 1 aliphatic rings. The highest BCUT2D eigenvalue weighted by Crippen LogP contribution is 2.46. The van der Waals surface area contributed by atoms with Gasteiger partial charge in [-0.25, -0.2) is 4.31 Å². The van der Waals surface area contributed by atoms with E-state index in [-0.39, 0.29) is 4.36 Å². The van der Waals surface area contributed by atoms with Gasteiger partial charge in [0.25, 0.3) is 10.0 Å².